The van der Waals surface area contributed by atoms with Gasteiger partial charge in [-0.3, -0.25) is 4.79 Å². The SMILES string of the molecule is CC(=O)c1cccc(C(C)NCCCn2cc[n+](C)c2)n1. The van der Waals surface area contributed by atoms with Gasteiger partial charge in [-0.15, -0.1) is 0 Å². The summed E-state index contributed by atoms with van der Waals surface area (Å²) in [7, 11) is 2.02. The normalized spacial score (nSPS) is 12.3. The van der Waals surface area contributed by atoms with Crippen molar-refractivity contribution < 1.29 is 9.36 Å². The second-order valence-corrected chi connectivity index (χ2v) is 5.35. The molecule has 0 bridgehead atoms. The van der Waals surface area contributed by atoms with E-state index in [0.717, 1.165) is 25.2 Å². The lowest BCUT2D eigenvalue weighted by Gasteiger charge is -2.13. The molecule has 0 aliphatic heterocycles. The minimum absolute atomic E-state index is 0.00419. The topological polar surface area (TPSA) is 50.8 Å². The van der Waals surface area contributed by atoms with Crippen LogP contribution in [0.5, 0.6) is 0 Å². The Labute approximate surface area is 125 Å². The summed E-state index contributed by atoms with van der Waals surface area (Å²) in [6.07, 6.45) is 7.22. The molecule has 0 spiro atoms. The lowest BCUT2D eigenvalue weighted by Crippen LogP contribution is -2.24. The van der Waals surface area contributed by atoms with Gasteiger partial charge in [0.1, 0.15) is 18.1 Å². The van der Waals surface area contributed by atoms with Gasteiger partial charge >= 0.3 is 0 Å². The highest BCUT2D eigenvalue weighted by molar-refractivity contribution is 5.92. The highest BCUT2D eigenvalue weighted by atomic mass is 16.1. The Morgan fingerprint density at radius 3 is 2.95 bits per heavy atom. The number of carbonyl (C=O) groups is 1. The van der Waals surface area contributed by atoms with Crippen molar-refractivity contribution in [2.45, 2.75) is 32.9 Å². The van der Waals surface area contributed by atoms with Crippen LogP contribution in [0.3, 0.4) is 0 Å². The van der Waals surface area contributed by atoms with Gasteiger partial charge < -0.3 is 5.32 Å². The Bertz CT molecular complexity index is 606. The molecule has 0 radical (unpaired) electrons. The monoisotopic (exact) mass is 287 g/mol. The second kappa shape index (κ2) is 7.13. The fourth-order valence-electron chi connectivity index (χ4n) is 2.21. The quantitative estimate of drug-likeness (QED) is 0.478. The van der Waals surface area contributed by atoms with Crippen LogP contribution in [-0.4, -0.2) is 21.9 Å². The highest BCUT2D eigenvalue weighted by Gasteiger charge is 2.09. The number of aryl methyl sites for hydroxylation is 2. The van der Waals surface area contributed by atoms with Crippen molar-refractivity contribution in [3.8, 4) is 0 Å². The van der Waals surface area contributed by atoms with Crippen LogP contribution in [-0.2, 0) is 13.6 Å². The van der Waals surface area contributed by atoms with Crippen LogP contribution >= 0.6 is 0 Å². The molecular formula is C16H23N4O+. The maximum absolute atomic E-state index is 11.4. The molecule has 21 heavy (non-hydrogen) atoms. The van der Waals surface area contributed by atoms with E-state index in [2.05, 4.69) is 34.3 Å². The summed E-state index contributed by atoms with van der Waals surface area (Å²) in [5.41, 5.74) is 1.44. The van der Waals surface area contributed by atoms with E-state index in [1.807, 2.05) is 29.9 Å². The van der Waals surface area contributed by atoms with Crippen LogP contribution in [0.4, 0.5) is 0 Å². The van der Waals surface area contributed by atoms with E-state index in [1.165, 1.54) is 0 Å². The average Bonchev–Trinajstić information content (AvgIpc) is 2.89. The molecule has 0 fully saturated rings. The first-order valence-electron chi connectivity index (χ1n) is 7.28. The van der Waals surface area contributed by atoms with Gasteiger partial charge in [-0.25, -0.2) is 14.1 Å². The van der Waals surface area contributed by atoms with E-state index in [4.69, 9.17) is 0 Å². The molecule has 0 aliphatic rings. The molecule has 2 heterocycles. The Morgan fingerprint density at radius 2 is 2.29 bits per heavy atom. The number of aromatic nitrogens is 3. The molecule has 0 saturated carbocycles. The van der Waals surface area contributed by atoms with Crippen molar-refractivity contribution >= 4 is 5.78 Å². The van der Waals surface area contributed by atoms with Crippen molar-refractivity contribution in [3.63, 3.8) is 0 Å². The molecule has 2 rings (SSSR count). The molecule has 1 unspecified atom stereocenters. The fraction of sp³-hybridized carbons (Fsp3) is 0.438. The van der Waals surface area contributed by atoms with Crippen LogP contribution in [0.1, 0.15) is 42.5 Å². The van der Waals surface area contributed by atoms with Gasteiger partial charge in [-0.1, -0.05) is 6.07 Å². The summed E-state index contributed by atoms with van der Waals surface area (Å²) < 4.78 is 4.20. The predicted molar refractivity (Wildman–Crippen MR) is 80.9 cm³/mol. The zero-order chi connectivity index (χ0) is 15.2. The Morgan fingerprint density at radius 1 is 1.48 bits per heavy atom. The first kappa shape index (κ1) is 15.4. The van der Waals surface area contributed by atoms with Gasteiger partial charge in [0.15, 0.2) is 5.78 Å². The zero-order valence-electron chi connectivity index (χ0n) is 12.9. The summed E-state index contributed by atoms with van der Waals surface area (Å²) in [6, 6.07) is 5.74. The Kier molecular flexibility index (Phi) is 5.22. The zero-order valence-corrected chi connectivity index (χ0v) is 12.9. The smallest absolute Gasteiger partial charge is 0.243 e. The molecule has 2 aromatic rings. The number of pyridine rings is 1. The van der Waals surface area contributed by atoms with E-state index in [0.29, 0.717) is 5.69 Å². The van der Waals surface area contributed by atoms with E-state index in [9.17, 15) is 4.79 Å². The first-order chi connectivity index (χ1) is 10.1. The second-order valence-electron chi connectivity index (χ2n) is 5.35. The first-order valence-corrected chi connectivity index (χ1v) is 7.28. The van der Waals surface area contributed by atoms with E-state index >= 15 is 0 Å². The lowest BCUT2D eigenvalue weighted by atomic mass is 10.2. The molecular weight excluding hydrogens is 264 g/mol. The Balaban J connectivity index is 1.80. The maximum Gasteiger partial charge on any atom is 0.243 e. The van der Waals surface area contributed by atoms with Gasteiger partial charge in [-0.05, 0) is 32.0 Å². The number of nitrogens with zero attached hydrogens (tertiary/aromatic N) is 3. The van der Waals surface area contributed by atoms with Gasteiger partial charge in [0.05, 0.1) is 19.3 Å². The molecule has 5 nitrogen and oxygen atoms in total. The number of hydrogen-bond donors (Lipinski definition) is 1. The third-order valence-corrected chi connectivity index (χ3v) is 3.44. The number of carbonyl (C=O) groups excluding carboxylic acids is 1. The van der Waals surface area contributed by atoms with Crippen LogP contribution in [0.15, 0.2) is 36.9 Å². The number of hydrogen-bond acceptors (Lipinski definition) is 3. The standard InChI is InChI=1S/C16H23N4O/c1-13(15-6-4-7-16(18-15)14(2)21)17-8-5-9-20-11-10-19(3)12-20/h4,6-7,10-13,17H,5,8-9H2,1-3H3/q+1. The van der Waals surface area contributed by atoms with Crippen LogP contribution in [0, 0.1) is 0 Å². The largest absolute Gasteiger partial charge is 0.309 e. The molecule has 0 saturated heterocycles. The molecule has 2 aromatic heterocycles. The van der Waals surface area contributed by atoms with E-state index in [-0.39, 0.29) is 11.8 Å². The molecule has 0 amide bonds. The molecule has 5 heteroatoms. The Hall–Kier alpha value is -2.01. The van der Waals surface area contributed by atoms with E-state index < -0.39 is 0 Å². The van der Waals surface area contributed by atoms with Gasteiger partial charge in [0.2, 0.25) is 6.33 Å². The lowest BCUT2D eigenvalue weighted by molar-refractivity contribution is -0.671. The van der Waals surface area contributed by atoms with Crippen LogP contribution in [0.2, 0.25) is 0 Å². The minimum Gasteiger partial charge on any atom is -0.309 e. The van der Waals surface area contributed by atoms with Crippen molar-refractivity contribution in [3.05, 3.63) is 48.3 Å². The number of nitrogens with one attached hydrogen (secondary N) is 1. The average molecular weight is 287 g/mol. The summed E-state index contributed by atoms with van der Waals surface area (Å²) in [5.74, 6) is 0.00419. The molecule has 1 atom stereocenters. The van der Waals surface area contributed by atoms with Crippen molar-refractivity contribution in [1.82, 2.24) is 14.9 Å². The summed E-state index contributed by atoms with van der Waals surface area (Å²) >= 11 is 0. The molecule has 0 aliphatic carbocycles. The fourth-order valence-corrected chi connectivity index (χ4v) is 2.21. The van der Waals surface area contributed by atoms with E-state index in [1.54, 1.807) is 13.0 Å². The summed E-state index contributed by atoms with van der Waals surface area (Å²) in [6.45, 7) is 5.51. The summed E-state index contributed by atoms with van der Waals surface area (Å²) in [4.78, 5) is 15.7. The number of ketones is 1. The molecule has 0 aromatic carbocycles. The number of rotatable bonds is 7. The summed E-state index contributed by atoms with van der Waals surface area (Å²) in [5, 5.41) is 3.45. The van der Waals surface area contributed by atoms with Gasteiger partial charge in [0.25, 0.3) is 0 Å². The van der Waals surface area contributed by atoms with Gasteiger partial charge in [-0.2, -0.15) is 0 Å². The van der Waals surface area contributed by atoms with Crippen molar-refractivity contribution in [1.29, 1.82) is 0 Å². The highest BCUT2D eigenvalue weighted by Crippen LogP contribution is 2.10. The van der Waals surface area contributed by atoms with Crippen LogP contribution < -0.4 is 9.88 Å². The maximum atomic E-state index is 11.4. The minimum atomic E-state index is 0.00419. The third-order valence-electron chi connectivity index (χ3n) is 3.44. The van der Waals surface area contributed by atoms with Crippen LogP contribution in [0.25, 0.3) is 0 Å². The van der Waals surface area contributed by atoms with Crippen molar-refractivity contribution in [2.24, 2.45) is 7.05 Å². The number of imidazole rings is 1. The molecule has 112 valence electrons. The molecule has 1 N–H and O–H groups in total. The number of Topliss-reactive ketones (excluding diaryl/α,β-unsaturated/α-hetero) is 1. The van der Waals surface area contributed by atoms with Gasteiger partial charge in [0, 0.05) is 13.0 Å². The third kappa shape index (κ3) is 4.49. The predicted octanol–water partition coefficient (Wildman–Crippen LogP) is 1.65. The van der Waals surface area contributed by atoms with Crippen molar-refractivity contribution in [2.75, 3.05) is 6.54 Å².